The van der Waals surface area contributed by atoms with Gasteiger partial charge in [0.25, 0.3) is 0 Å². The molecule has 4 rings (SSSR count). The Morgan fingerprint density at radius 2 is 2.03 bits per heavy atom. The first-order chi connectivity index (χ1) is 15.6. The van der Waals surface area contributed by atoms with E-state index in [0.717, 1.165) is 16.8 Å². The number of amides is 2. The molecule has 2 aromatic rings. The Kier molecular flexibility index (Phi) is 6.44. The lowest BCUT2D eigenvalue weighted by Crippen LogP contribution is -2.46. The van der Waals surface area contributed by atoms with E-state index in [9.17, 15) is 18.0 Å². The highest BCUT2D eigenvalue weighted by molar-refractivity contribution is 7.88. The second-order valence-corrected chi connectivity index (χ2v) is 10.7. The molecule has 2 atom stereocenters. The summed E-state index contributed by atoms with van der Waals surface area (Å²) in [5.74, 6) is 0.256. The summed E-state index contributed by atoms with van der Waals surface area (Å²) in [6, 6.07) is 4.94. The maximum Gasteiger partial charge on any atom is 0.247 e. The van der Waals surface area contributed by atoms with Gasteiger partial charge in [0.15, 0.2) is 0 Å². The van der Waals surface area contributed by atoms with E-state index in [0.29, 0.717) is 55.9 Å². The van der Waals surface area contributed by atoms with Crippen molar-refractivity contribution in [1.29, 1.82) is 0 Å². The van der Waals surface area contributed by atoms with Gasteiger partial charge in [0.05, 0.1) is 23.3 Å². The molecule has 0 radical (unpaired) electrons. The minimum Gasteiger partial charge on any atom is -0.379 e. The number of hydrogen-bond donors (Lipinski definition) is 3. The molecule has 2 fully saturated rings. The Labute approximate surface area is 193 Å². The van der Waals surface area contributed by atoms with E-state index in [1.54, 1.807) is 0 Å². The third-order valence-electron chi connectivity index (χ3n) is 6.13. The summed E-state index contributed by atoms with van der Waals surface area (Å²) >= 11 is 0. The van der Waals surface area contributed by atoms with Gasteiger partial charge in [-0.05, 0) is 50.8 Å². The Balaban J connectivity index is 1.61. The number of carbonyl (C=O) groups excluding carboxylic acids is 2. The van der Waals surface area contributed by atoms with E-state index in [-0.39, 0.29) is 17.9 Å². The molecule has 2 aliphatic heterocycles. The lowest BCUT2D eigenvalue weighted by Gasteiger charge is -2.24. The third-order valence-corrected chi connectivity index (χ3v) is 7.40. The van der Waals surface area contributed by atoms with Crippen molar-refractivity contribution in [2.45, 2.75) is 51.6 Å². The summed E-state index contributed by atoms with van der Waals surface area (Å²) in [5, 5.41) is 13.1. The number of carbonyl (C=O) groups is 2. The quantitative estimate of drug-likeness (QED) is 0.582. The topological polar surface area (TPSA) is 134 Å². The predicted octanol–water partition coefficient (Wildman–Crippen LogP) is 2.01. The van der Waals surface area contributed by atoms with Gasteiger partial charge < -0.3 is 20.5 Å². The largest absolute Gasteiger partial charge is 0.379 e. The molecule has 0 bridgehead atoms. The van der Waals surface area contributed by atoms with Crippen LogP contribution in [0.25, 0.3) is 11.1 Å². The number of hydrogen-bond acceptors (Lipinski definition) is 7. The first-order valence-corrected chi connectivity index (χ1v) is 12.9. The van der Waals surface area contributed by atoms with E-state index in [1.807, 2.05) is 32.0 Å². The summed E-state index contributed by atoms with van der Waals surface area (Å²) in [6.45, 7) is 4.49. The molecule has 33 heavy (non-hydrogen) atoms. The minimum atomic E-state index is -3.26. The standard InChI is InChI=1S/C22H29N5O5S/c1-13-21(14(2)32-26-13)15-7-8-17(23-16-9-10-27(12-16)33(3,30)31)19(11-15)25-22(29)18-5-4-6-20(28)24-18/h7-8,11,16,18,23H,4-6,9-10,12H2,1-3H3,(H,24,28)(H,25,29)/t16?,18-/m1/s1. The van der Waals surface area contributed by atoms with Crippen LogP contribution in [0.1, 0.15) is 37.1 Å². The maximum atomic E-state index is 12.9. The zero-order chi connectivity index (χ0) is 23.8. The molecule has 1 aromatic carbocycles. The van der Waals surface area contributed by atoms with Crippen LogP contribution < -0.4 is 16.0 Å². The van der Waals surface area contributed by atoms with Crippen molar-refractivity contribution >= 4 is 33.2 Å². The zero-order valence-corrected chi connectivity index (χ0v) is 19.8. The molecular formula is C22H29N5O5S. The van der Waals surface area contributed by atoms with Gasteiger partial charge in [0.2, 0.25) is 21.8 Å². The van der Waals surface area contributed by atoms with E-state index < -0.39 is 16.1 Å². The number of nitrogens with zero attached hydrogens (tertiary/aromatic N) is 2. The number of nitrogens with one attached hydrogen (secondary N) is 3. The van der Waals surface area contributed by atoms with E-state index in [4.69, 9.17) is 4.52 Å². The van der Waals surface area contributed by atoms with E-state index >= 15 is 0 Å². The van der Waals surface area contributed by atoms with Crippen molar-refractivity contribution in [1.82, 2.24) is 14.8 Å². The molecule has 2 aliphatic rings. The fourth-order valence-corrected chi connectivity index (χ4v) is 5.30. The summed E-state index contributed by atoms with van der Waals surface area (Å²) in [5.41, 5.74) is 3.66. The number of aromatic nitrogens is 1. The fraction of sp³-hybridized carbons (Fsp3) is 0.500. The van der Waals surface area contributed by atoms with Crippen molar-refractivity contribution in [3.05, 3.63) is 29.7 Å². The van der Waals surface area contributed by atoms with Gasteiger partial charge in [-0.3, -0.25) is 9.59 Å². The number of benzene rings is 1. The molecule has 2 amide bonds. The van der Waals surface area contributed by atoms with Crippen LogP contribution in [-0.4, -0.2) is 61.1 Å². The van der Waals surface area contributed by atoms with E-state index in [1.165, 1.54) is 10.6 Å². The molecule has 10 nitrogen and oxygen atoms in total. The van der Waals surface area contributed by atoms with Crippen molar-refractivity contribution in [2.24, 2.45) is 0 Å². The molecular weight excluding hydrogens is 446 g/mol. The molecule has 1 aromatic heterocycles. The van der Waals surface area contributed by atoms with Crippen LogP contribution in [-0.2, 0) is 19.6 Å². The van der Waals surface area contributed by atoms with Crippen molar-refractivity contribution < 1.29 is 22.5 Å². The molecule has 0 spiro atoms. The molecule has 11 heteroatoms. The minimum absolute atomic E-state index is 0.0883. The van der Waals surface area contributed by atoms with Gasteiger partial charge >= 0.3 is 0 Å². The number of piperidine rings is 1. The maximum absolute atomic E-state index is 12.9. The van der Waals surface area contributed by atoms with Gasteiger partial charge in [-0.1, -0.05) is 11.2 Å². The van der Waals surface area contributed by atoms with Gasteiger partial charge in [-0.15, -0.1) is 0 Å². The number of anilines is 2. The van der Waals surface area contributed by atoms with Gasteiger partial charge in [-0.25, -0.2) is 12.7 Å². The first-order valence-electron chi connectivity index (χ1n) is 11.0. The van der Waals surface area contributed by atoms with Crippen LogP contribution in [0.2, 0.25) is 0 Å². The number of aryl methyl sites for hydroxylation is 2. The highest BCUT2D eigenvalue weighted by atomic mass is 32.2. The van der Waals surface area contributed by atoms with Crippen molar-refractivity contribution in [3.8, 4) is 11.1 Å². The van der Waals surface area contributed by atoms with Gasteiger partial charge in [-0.2, -0.15) is 0 Å². The van der Waals surface area contributed by atoms with Crippen molar-refractivity contribution in [2.75, 3.05) is 30.0 Å². The molecule has 3 N–H and O–H groups in total. The van der Waals surface area contributed by atoms with Crippen LogP contribution in [0, 0.1) is 13.8 Å². The molecule has 2 saturated heterocycles. The molecule has 3 heterocycles. The van der Waals surface area contributed by atoms with Crippen LogP contribution in [0.15, 0.2) is 22.7 Å². The molecule has 178 valence electrons. The second-order valence-electron chi connectivity index (χ2n) is 8.71. The normalized spacial score (nSPS) is 21.6. The van der Waals surface area contributed by atoms with Crippen LogP contribution in [0.3, 0.4) is 0 Å². The zero-order valence-electron chi connectivity index (χ0n) is 19.0. The lowest BCUT2D eigenvalue weighted by atomic mass is 10.0. The average Bonchev–Trinajstić information content (AvgIpc) is 3.36. The second kappa shape index (κ2) is 9.14. The molecule has 1 unspecified atom stereocenters. The molecule has 0 aliphatic carbocycles. The fourth-order valence-electron chi connectivity index (χ4n) is 4.41. The van der Waals surface area contributed by atoms with Crippen molar-refractivity contribution in [3.63, 3.8) is 0 Å². The summed E-state index contributed by atoms with van der Waals surface area (Å²) < 4.78 is 30.5. The smallest absolute Gasteiger partial charge is 0.247 e. The lowest BCUT2D eigenvalue weighted by molar-refractivity contribution is -0.128. The summed E-state index contributed by atoms with van der Waals surface area (Å²) in [4.78, 5) is 24.7. The number of rotatable bonds is 6. The Morgan fingerprint density at radius 3 is 2.67 bits per heavy atom. The summed E-state index contributed by atoms with van der Waals surface area (Å²) in [7, 11) is -3.26. The highest BCUT2D eigenvalue weighted by Crippen LogP contribution is 2.34. The van der Waals surface area contributed by atoms with Gasteiger partial charge in [0, 0.05) is 31.1 Å². The monoisotopic (exact) mass is 475 g/mol. The van der Waals surface area contributed by atoms with E-state index in [2.05, 4.69) is 21.1 Å². The first kappa shape index (κ1) is 23.2. The van der Waals surface area contributed by atoms with Crippen LogP contribution in [0.4, 0.5) is 11.4 Å². The average molecular weight is 476 g/mol. The Bertz CT molecular complexity index is 1160. The summed E-state index contributed by atoms with van der Waals surface area (Å²) in [6.07, 6.45) is 3.53. The highest BCUT2D eigenvalue weighted by Gasteiger charge is 2.30. The SMILES string of the molecule is Cc1noc(C)c1-c1ccc(NC2CCN(S(C)(=O)=O)C2)c(NC(=O)[C@H]2CCCC(=O)N2)c1. The molecule has 0 saturated carbocycles. The van der Waals surface area contributed by atoms with Crippen LogP contribution >= 0.6 is 0 Å². The third kappa shape index (κ3) is 5.19. The predicted molar refractivity (Wildman–Crippen MR) is 124 cm³/mol. The van der Waals surface area contributed by atoms with Gasteiger partial charge in [0.1, 0.15) is 11.8 Å². The van der Waals surface area contributed by atoms with Crippen LogP contribution in [0.5, 0.6) is 0 Å². The Morgan fingerprint density at radius 1 is 1.24 bits per heavy atom. The Hall–Kier alpha value is -2.92. The number of sulfonamides is 1.